The van der Waals surface area contributed by atoms with E-state index in [9.17, 15) is 9.59 Å². The lowest BCUT2D eigenvalue weighted by molar-refractivity contribution is -0.136. The fourth-order valence-electron chi connectivity index (χ4n) is 1.13. The molecular weight excluding hydrogens is 232 g/mol. The van der Waals surface area contributed by atoms with Crippen LogP contribution in [-0.2, 0) is 4.79 Å². The Balaban J connectivity index is 2.62. The molecule has 0 saturated carbocycles. The van der Waals surface area contributed by atoms with Gasteiger partial charge in [0.1, 0.15) is 0 Å². The summed E-state index contributed by atoms with van der Waals surface area (Å²) < 4.78 is 0. The van der Waals surface area contributed by atoms with Gasteiger partial charge in [0.15, 0.2) is 0 Å². The van der Waals surface area contributed by atoms with Gasteiger partial charge in [0, 0.05) is 22.8 Å². The van der Waals surface area contributed by atoms with Crippen molar-refractivity contribution in [2.45, 2.75) is 6.42 Å². The van der Waals surface area contributed by atoms with Gasteiger partial charge in [0.05, 0.1) is 6.42 Å². The molecule has 0 aliphatic carbocycles. The first-order valence-electron chi connectivity index (χ1n) is 4.55. The van der Waals surface area contributed by atoms with Crippen LogP contribution >= 0.6 is 11.6 Å². The molecule has 0 atom stereocenters. The van der Waals surface area contributed by atoms with E-state index >= 15 is 0 Å². The van der Waals surface area contributed by atoms with Gasteiger partial charge in [-0.25, -0.2) is 0 Å². The Morgan fingerprint density at radius 1 is 1.38 bits per heavy atom. The normalized spacial score (nSPS) is 9.81. The van der Waals surface area contributed by atoms with Crippen LogP contribution in [0.25, 0.3) is 0 Å². The number of anilines is 1. The number of hydrogen-bond donors (Lipinski definition) is 3. The first kappa shape index (κ1) is 12.3. The Kier molecular flexibility index (Phi) is 4.13. The molecule has 16 heavy (non-hydrogen) atoms. The summed E-state index contributed by atoms with van der Waals surface area (Å²) in [7, 11) is 0. The zero-order chi connectivity index (χ0) is 12.1. The second kappa shape index (κ2) is 5.37. The van der Waals surface area contributed by atoms with Crippen molar-refractivity contribution in [3.63, 3.8) is 0 Å². The van der Waals surface area contributed by atoms with E-state index in [1.165, 1.54) is 18.2 Å². The van der Waals surface area contributed by atoms with E-state index < -0.39 is 11.9 Å². The molecule has 0 fully saturated rings. The van der Waals surface area contributed by atoms with Gasteiger partial charge in [-0.2, -0.15) is 0 Å². The summed E-state index contributed by atoms with van der Waals surface area (Å²) in [5, 5.41) is 11.2. The molecule has 4 N–H and O–H groups in total. The van der Waals surface area contributed by atoms with Gasteiger partial charge >= 0.3 is 5.97 Å². The lowest BCUT2D eigenvalue weighted by Crippen LogP contribution is -2.26. The van der Waals surface area contributed by atoms with Gasteiger partial charge in [-0.15, -0.1) is 0 Å². The summed E-state index contributed by atoms with van der Waals surface area (Å²) in [6.45, 7) is 0.0700. The Morgan fingerprint density at radius 3 is 2.62 bits per heavy atom. The van der Waals surface area contributed by atoms with Crippen molar-refractivity contribution >= 4 is 29.2 Å². The number of rotatable bonds is 4. The minimum atomic E-state index is -0.967. The third kappa shape index (κ3) is 3.78. The van der Waals surface area contributed by atoms with E-state index in [0.717, 1.165) is 0 Å². The highest BCUT2D eigenvalue weighted by Gasteiger charge is 2.07. The number of benzene rings is 1. The van der Waals surface area contributed by atoms with Crippen LogP contribution in [0.5, 0.6) is 0 Å². The van der Waals surface area contributed by atoms with Crippen LogP contribution in [0, 0.1) is 0 Å². The summed E-state index contributed by atoms with van der Waals surface area (Å²) in [4.78, 5) is 21.7. The first-order valence-corrected chi connectivity index (χ1v) is 4.93. The van der Waals surface area contributed by atoms with Crippen molar-refractivity contribution in [1.29, 1.82) is 0 Å². The molecule has 0 spiro atoms. The number of carboxylic acid groups (broad SMARTS) is 1. The van der Waals surface area contributed by atoms with Crippen molar-refractivity contribution in [2.75, 3.05) is 12.3 Å². The number of nitrogens with one attached hydrogen (secondary N) is 1. The minimum Gasteiger partial charge on any atom is -0.481 e. The van der Waals surface area contributed by atoms with Crippen LogP contribution < -0.4 is 11.1 Å². The van der Waals surface area contributed by atoms with E-state index in [2.05, 4.69) is 5.32 Å². The Morgan fingerprint density at radius 2 is 2.06 bits per heavy atom. The molecule has 0 radical (unpaired) electrons. The third-order valence-corrected chi connectivity index (χ3v) is 2.02. The molecule has 0 heterocycles. The predicted octanol–water partition coefficient (Wildman–Crippen LogP) is 1.13. The summed E-state index contributed by atoms with van der Waals surface area (Å²) in [5.41, 5.74) is 6.22. The molecule has 1 aromatic carbocycles. The zero-order valence-corrected chi connectivity index (χ0v) is 9.12. The van der Waals surface area contributed by atoms with Crippen LogP contribution in [-0.4, -0.2) is 23.5 Å². The van der Waals surface area contributed by atoms with E-state index in [1.54, 1.807) is 0 Å². The average Bonchev–Trinajstić information content (AvgIpc) is 2.15. The van der Waals surface area contributed by atoms with Gasteiger partial charge < -0.3 is 16.2 Å². The quantitative estimate of drug-likeness (QED) is 0.690. The predicted molar refractivity (Wildman–Crippen MR) is 60.5 cm³/mol. The number of carboxylic acids is 1. The topological polar surface area (TPSA) is 92.4 Å². The average molecular weight is 243 g/mol. The van der Waals surface area contributed by atoms with Crippen LogP contribution in [0.3, 0.4) is 0 Å². The van der Waals surface area contributed by atoms with Crippen molar-refractivity contribution in [3.05, 3.63) is 28.8 Å². The summed E-state index contributed by atoms with van der Waals surface area (Å²) in [6.07, 6.45) is -0.123. The van der Waals surface area contributed by atoms with Gasteiger partial charge in [-0.05, 0) is 18.2 Å². The number of nitrogen functional groups attached to an aromatic ring is 1. The van der Waals surface area contributed by atoms with Crippen molar-refractivity contribution in [1.82, 2.24) is 5.32 Å². The van der Waals surface area contributed by atoms with E-state index in [1.807, 2.05) is 0 Å². The molecule has 86 valence electrons. The first-order chi connectivity index (χ1) is 7.49. The monoisotopic (exact) mass is 242 g/mol. The molecule has 0 unspecified atom stereocenters. The van der Waals surface area contributed by atoms with E-state index in [4.69, 9.17) is 22.4 Å². The van der Waals surface area contributed by atoms with Gasteiger partial charge in [0.25, 0.3) is 5.91 Å². The Bertz CT molecular complexity index is 400. The Hall–Kier alpha value is -1.75. The molecular formula is C10H11ClN2O3. The molecule has 0 bridgehead atoms. The maximum Gasteiger partial charge on any atom is 0.305 e. The molecule has 0 aromatic heterocycles. The van der Waals surface area contributed by atoms with E-state index in [-0.39, 0.29) is 13.0 Å². The van der Waals surface area contributed by atoms with Crippen molar-refractivity contribution in [2.24, 2.45) is 0 Å². The number of halogens is 1. The fraction of sp³-hybridized carbons (Fsp3) is 0.200. The van der Waals surface area contributed by atoms with Gasteiger partial charge in [-0.3, -0.25) is 9.59 Å². The second-order valence-corrected chi connectivity index (χ2v) is 3.61. The molecule has 0 saturated heterocycles. The Labute approximate surface area is 97.2 Å². The number of nitrogens with two attached hydrogens (primary N) is 1. The number of hydrogen-bond acceptors (Lipinski definition) is 3. The number of carbonyl (C=O) groups is 2. The SMILES string of the molecule is Nc1cc(Cl)cc(C(=O)NCCC(=O)O)c1. The molecule has 1 amide bonds. The fourth-order valence-corrected chi connectivity index (χ4v) is 1.37. The van der Waals surface area contributed by atoms with Crippen LogP contribution in [0.4, 0.5) is 5.69 Å². The molecule has 1 aromatic rings. The minimum absolute atomic E-state index is 0.0700. The lowest BCUT2D eigenvalue weighted by Gasteiger charge is -2.05. The highest BCUT2D eigenvalue weighted by Crippen LogP contribution is 2.16. The highest BCUT2D eigenvalue weighted by molar-refractivity contribution is 6.31. The molecule has 1 rings (SSSR count). The second-order valence-electron chi connectivity index (χ2n) is 3.17. The van der Waals surface area contributed by atoms with Crippen LogP contribution in [0.1, 0.15) is 16.8 Å². The molecule has 0 aliphatic heterocycles. The highest BCUT2D eigenvalue weighted by atomic mass is 35.5. The zero-order valence-electron chi connectivity index (χ0n) is 8.37. The lowest BCUT2D eigenvalue weighted by atomic mass is 10.2. The summed E-state index contributed by atoms with van der Waals surface area (Å²) >= 11 is 5.72. The van der Waals surface area contributed by atoms with Gasteiger partial charge in [0.2, 0.25) is 0 Å². The van der Waals surface area contributed by atoms with Gasteiger partial charge in [-0.1, -0.05) is 11.6 Å². The largest absolute Gasteiger partial charge is 0.481 e. The summed E-state index contributed by atoms with van der Waals surface area (Å²) in [5.74, 6) is -1.36. The molecule has 0 aliphatic rings. The standard InChI is InChI=1S/C10H11ClN2O3/c11-7-3-6(4-8(12)5-7)10(16)13-2-1-9(14)15/h3-5H,1-2,12H2,(H,13,16)(H,14,15). The van der Waals surface area contributed by atoms with Crippen LogP contribution in [0.2, 0.25) is 5.02 Å². The van der Waals surface area contributed by atoms with Crippen molar-refractivity contribution < 1.29 is 14.7 Å². The van der Waals surface area contributed by atoms with Crippen molar-refractivity contribution in [3.8, 4) is 0 Å². The smallest absolute Gasteiger partial charge is 0.305 e. The third-order valence-electron chi connectivity index (χ3n) is 1.81. The molecule has 6 heteroatoms. The van der Waals surface area contributed by atoms with Crippen LogP contribution in [0.15, 0.2) is 18.2 Å². The molecule has 5 nitrogen and oxygen atoms in total. The maximum atomic E-state index is 11.5. The summed E-state index contributed by atoms with van der Waals surface area (Å²) in [6, 6.07) is 4.46. The number of amides is 1. The van der Waals surface area contributed by atoms with E-state index in [0.29, 0.717) is 16.3 Å². The maximum absolute atomic E-state index is 11.5. The number of carbonyl (C=O) groups excluding carboxylic acids is 1. The number of aliphatic carboxylic acids is 1.